The summed E-state index contributed by atoms with van der Waals surface area (Å²) in [4.78, 5) is 16.3. The lowest BCUT2D eigenvalue weighted by Gasteiger charge is -2.36. The minimum Gasteiger partial charge on any atom is -0.508 e. The number of hydrogen-bond acceptors (Lipinski definition) is 4. The Morgan fingerprint density at radius 3 is 2.63 bits per heavy atom. The van der Waals surface area contributed by atoms with Crippen LogP contribution in [0, 0.1) is 17.9 Å². The largest absolute Gasteiger partial charge is 0.508 e. The van der Waals surface area contributed by atoms with Gasteiger partial charge < -0.3 is 10.1 Å². The van der Waals surface area contributed by atoms with Gasteiger partial charge in [0.2, 0.25) is 5.69 Å². The lowest BCUT2D eigenvalue weighted by Crippen LogP contribution is -2.43. The molecule has 1 aliphatic rings. The fourth-order valence-electron chi connectivity index (χ4n) is 3.25. The molecule has 0 saturated carbocycles. The molecule has 0 atom stereocenters. The summed E-state index contributed by atoms with van der Waals surface area (Å²) in [7, 11) is 1.55. The highest BCUT2D eigenvalue weighted by molar-refractivity contribution is 6.08. The van der Waals surface area contributed by atoms with Gasteiger partial charge in [-0.25, -0.2) is 4.85 Å². The molecule has 0 aromatic heterocycles. The quantitative estimate of drug-likeness (QED) is 0.506. The first-order valence-corrected chi connectivity index (χ1v) is 8.50. The normalized spacial score (nSPS) is 15.8. The average molecular weight is 357 g/mol. The Hall–Kier alpha value is -3.57. The number of nitrogens with zero attached hydrogens (tertiary/aromatic N) is 2. The lowest BCUT2D eigenvalue weighted by molar-refractivity contribution is 0.104. The molecular weight excluding hydrogens is 338 g/mol. The van der Waals surface area contributed by atoms with Gasteiger partial charge in [0.15, 0.2) is 5.78 Å². The Labute approximate surface area is 158 Å². The maximum Gasteiger partial charge on any atom is 0.228 e. The van der Waals surface area contributed by atoms with Crippen molar-refractivity contribution in [3.63, 3.8) is 0 Å². The molecule has 27 heavy (non-hydrogen) atoms. The van der Waals surface area contributed by atoms with Gasteiger partial charge in [0, 0.05) is 22.9 Å². The van der Waals surface area contributed by atoms with Crippen LogP contribution < -0.4 is 10.1 Å². The Morgan fingerprint density at radius 2 is 2.04 bits per heavy atom. The lowest BCUT2D eigenvalue weighted by atomic mass is 9.85. The van der Waals surface area contributed by atoms with Crippen LogP contribution in [-0.4, -0.2) is 18.4 Å². The predicted octanol–water partition coefficient (Wildman–Crippen LogP) is 4.27. The predicted molar refractivity (Wildman–Crippen MR) is 104 cm³/mol. The smallest absolute Gasteiger partial charge is 0.228 e. The van der Waals surface area contributed by atoms with Crippen molar-refractivity contribution in [3.05, 3.63) is 76.1 Å². The van der Waals surface area contributed by atoms with Gasteiger partial charge in [-0.15, -0.1) is 0 Å². The molecule has 2 aromatic carbocycles. The molecule has 0 unspecified atom stereocenters. The van der Waals surface area contributed by atoms with Crippen LogP contribution in [-0.2, 0) is 6.42 Å². The minimum atomic E-state index is -0.242. The van der Waals surface area contributed by atoms with Gasteiger partial charge >= 0.3 is 0 Å². The van der Waals surface area contributed by atoms with Crippen LogP contribution in [0.5, 0.6) is 5.75 Å². The van der Waals surface area contributed by atoms with Gasteiger partial charge in [-0.1, -0.05) is 0 Å². The van der Waals surface area contributed by atoms with Crippen LogP contribution >= 0.6 is 0 Å². The standard InChI is InChI=1S/C22H19N3O2/c1-22(2)12-16-9-21(27-4)19(24-3)10-17(16)18(25-22)11-20(26)15-7-5-14(13-23)6-8-15/h5-11,25H,12H2,1-2,4H3/b18-11-. The van der Waals surface area contributed by atoms with E-state index in [1.54, 1.807) is 43.5 Å². The molecule has 0 saturated heterocycles. The molecule has 0 amide bonds. The zero-order valence-electron chi connectivity index (χ0n) is 15.5. The number of benzene rings is 2. The number of hydrogen-bond donors (Lipinski definition) is 1. The topological polar surface area (TPSA) is 66.5 Å². The molecule has 0 spiro atoms. The number of nitrogens with one attached hydrogen (secondary N) is 1. The van der Waals surface area contributed by atoms with E-state index in [2.05, 4.69) is 24.0 Å². The fourth-order valence-corrected chi connectivity index (χ4v) is 3.25. The van der Waals surface area contributed by atoms with Crippen molar-refractivity contribution in [2.45, 2.75) is 25.8 Å². The summed E-state index contributed by atoms with van der Waals surface area (Å²) in [6, 6.07) is 12.2. The number of ether oxygens (including phenoxy) is 1. The van der Waals surface area contributed by atoms with Gasteiger partial charge in [-0.2, -0.15) is 5.26 Å². The van der Waals surface area contributed by atoms with E-state index in [1.807, 2.05) is 12.1 Å². The van der Waals surface area contributed by atoms with Crippen LogP contribution in [0.3, 0.4) is 0 Å². The number of allylic oxidation sites excluding steroid dienone is 1. The summed E-state index contributed by atoms with van der Waals surface area (Å²) in [6.07, 6.45) is 2.31. The van der Waals surface area contributed by atoms with E-state index in [4.69, 9.17) is 16.6 Å². The van der Waals surface area contributed by atoms with E-state index in [0.717, 1.165) is 17.5 Å². The molecule has 0 bridgehead atoms. The van der Waals surface area contributed by atoms with Gasteiger partial charge in [-0.05, 0) is 67.8 Å². The summed E-state index contributed by atoms with van der Waals surface area (Å²) >= 11 is 0. The summed E-state index contributed by atoms with van der Waals surface area (Å²) < 4.78 is 5.33. The summed E-state index contributed by atoms with van der Waals surface area (Å²) in [5.41, 5.74) is 3.74. The molecular formula is C22H19N3O2. The summed E-state index contributed by atoms with van der Waals surface area (Å²) in [5.74, 6) is 0.380. The first-order valence-electron chi connectivity index (χ1n) is 8.50. The van der Waals surface area contributed by atoms with E-state index in [-0.39, 0.29) is 11.3 Å². The van der Waals surface area contributed by atoms with Crippen molar-refractivity contribution in [1.82, 2.24) is 5.32 Å². The molecule has 134 valence electrons. The highest BCUT2D eigenvalue weighted by Crippen LogP contribution is 2.38. The highest BCUT2D eigenvalue weighted by atomic mass is 16.5. The zero-order valence-corrected chi connectivity index (χ0v) is 15.5. The molecule has 5 nitrogen and oxygen atoms in total. The van der Waals surface area contributed by atoms with Crippen molar-refractivity contribution in [1.29, 1.82) is 5.26 Å². The number of nitriles is 1. The Bertz CT molecular complexity index is 1020. The number of fused-ring (bicyclic) bond motifs is 1. The SMILES string of the molecule is [C-]#[N+]c1cc2c(cc1OC)CC(C)(C)N/C2=C\C(=O)c1ccc(C#N)cc1. The molecule has 1 N–H and O–H groups in total. The van der Waals surface area contributed by atoms with Crippen molar-refractivity contribution < 1.29 is 9.53 Å². The third kappa shape index (κ3) is 3.68. The molecule has 1 aliphatic heterocycles. The Balaban J connectivity index is 2.07. The molecule has 3 rings (SSSR count). The second-order valence-electron chi connectivity index (χ2n) is 7.09. The first kappa shape index (κ1) is 18.2. The van der Waals surface area contributed by atoms with Gasteiger partial charge in [0.25, 0.3) is 0 Å². The van der Waals surface area contributed by atoms with Gasteiger partial charge in [-0.3, -0.25) is 4.79 Å². The highest BCUT2D eigenvalue weighted by Gasteiger charge is 2.29. The number of rotatable bonds is 3. The van der Waals surface area contributed by atoms with Crippen LogP contribution in [0.25, 0.3) is 10.5 Å². The van der Waals surface area contributed by atoms with Crippen LogP contribution in [0.4, 0.5) is 5.69 Å². The third-order valence-electron chi connectivity index (χ3n) is 4.49. The van der Waals surface area contributed by atoms with Crippen molar-refractivity contribution >= 4 is 17.2 Å². The molecule has 0 fully saturated rings. The molecule has 2 aromatic rings. The molecule has 5 heteroatoms. The van der Waals surface area contributed by atoms with Crippen LogP contribution in [0.2, 0.25) is 0 Å². The fraction of sp³-hybridized carbons (Fsp3) is 0.227. The first-order chi connectivity index (χ1) is 12.9. The maximum absolute atomic E-state index is 12.7. The van der Waals surface area contributed by atoms with Crippen molar-refractivity contribution in [2.75, 3.05) is 7.11 Å². The average Bonchev–Trinajstić information content (AvgIpc) is 2.66. The maximum atomic E-state index is 12.7. The van der Waals surface area contributed by atoms with E-state index in [0.29, 0.717) is 28.3 Å². The number of ketones is 1. The Morgan fingerprint density at radius 1 is 1.33 bits per heavy atom. The second-order valence-corrected chi connectivity index (χ2v) is 7.09. The number of methoxy groups -OCH3 is 1. The van der Waals surface area contributed by atoms with E-state index in [1.165, 1.54) is 0 Å². The Kier molecular flexibility index (Phi) is 4.71. The van der Waals surface area contributed by atoms with E-state index < -0.39 is 0 Å². The van der Waals surface area contributed by atoms with Gasteiger partial charge in [0.05, 0.1) is 25.3 Å². The van der Waals surface area contributed by atoms with Crippen molar-refractivity contribution in [2.24, 2.45) is 0 Å². The number of carbonyl (C=O) groups is 1. The van der Waals surface area contributed by atoms with Crippen molar-refractivity contribution in [3.8, 4) is 11.8 Å². The number of carbonyl (C=O) groups excluding carboxylic acids is 1. The molecule has 0 aliphatic carbocycles. The summed E-state index contributed by atoms with van der Waals surface area (Å²) in [6.45, 7) is 11.5. The van der Waals surface area contributed by atoms with Gasteiger partial charge in [0.1, 0.15) is 5.75 Å². The van der Waals surface area contributed by atoms with Crippen LogP contribution in [0.15, 0.2) is 42.5 Å². The monoisotopic (exact) mass is 357 g/mol. The third-order valence-corrected chi connectivity index (χ3v) is 4.49. The minimum absolute atomic E-state index is 0.161. The molecule has 0 radical (unpaired) electrons. The summed E-state index contributed by atoms with van der Waals surface area (Å²) in [5, 5.41) is 12.3. The second kappa shape index (κ2) is 6.97. The zero-order chi connectivity index (χ0) is 19.6. The molecule has 1 heterocycles. The van der Waals surface area contributed by atoms with Crippen LogP contribution in [0.1, 0.15) is 40.9 Å². The van der Waals surface area contributed by atoms with E-state index in [9.17, 15) is 4.79 Å². The van der Waals surface area contributed by atoms with E-state index >= 15 is 0 Å².